The quantitative estimate of drug-likeness (QED) is 0.545. The summed E-state index contributed by atoms with van der Waals surface area (Å²) in [5.41, 5.74) is -0.781. The van der Waals surface area contributed by atoms with E-state index in [1.165, 1.54) is 6.07 Å². The second-order valence-corrected chi connectivity index (χ2v) is 6.93. The van der Waals surface area contributed by atoms with Gasteiger partial charge in [-0.2, -0.15) is 0 Å². The molecule has 1 aliphatic rings. The van der Waals surface area contributed by atoms with Gasteiger partial charge < -0.3 is 20.0 Å². The van der Waals surface area contributed by atoms with Crippen LogP contribution in [0.2, 0.25) is 0 Å². The molecular weight excluding hydrogens is 374 g/mol. The SMILES string of the molecule is C[C@H](NC1(Cc2ccc(F)cc2F)CCCCO1)C(=O)N[C@H](C=O)CC(=O)O. The number of carbonyl (C=O) groups excluding carboxylic acids is 2. The molecule has 3 N–H and O–H groups in total. The Morgan fingerprint density at radius 1 is 1.36 bits per heavy atom. The van der Waals surface area contributed by atoms with Gasteiger partial charge in [0.05, 0.1) is 18.5 Å². The number of hydrogen-bond donors (Lipinski definition) is 3. The molecular formula is C19H24F2N2O5. The predicted octanol–water partition coefficient (Wildman–Crippen LogP) is 1.54. The Morgan fingerprint density at radius 2 is 2.11 bits per heavy atom. The van der Waals surface area contributed by atoms with Gasteiger partial charge in [-0.05, 0) is 37.8 Å². The lowest BCUT2D eigenvalue weighted by atomic mass is 9.93. The van der Waals surface area contributed by atoms with Gasteiger partial charge in [-0.15, -0.1) is 0 Å². The summed E-state index contributed by atoms with van der Waals surface area (Å²) in [6.07, 6.45) is 2.04. The van der Waals surface area contributed by atoms with Crippen molar-refractivity contribution in [2.75, 3.05) is 6.61 Å². The lowest BCUT2D eigenvalue weighted by molar-refractivity contribution is -0.139. The van der Waals surface area contributed by atoms with Crippen LogP contribution in [0, 0.1) is 11.6 Å². The molecule has 0 saturated carbocycles. The molecule has 154 valence electrons. The maximum absolute atomic E-state index is 14.1. The van der Waals surface area contributed by atoms with Crippen LogP contribution in [0.4, 0.5) is 8.78 Å². The molecule has 1 aromatic carbocycles. The number of nitrogens with one attached hydrogen (secondary N) is 2. The van der Waals surface area contributed by atoms with Crippen LogP contribution in [0.15, 0.2) is 18.2 Å². The largest absolute Gasteiger partial charge is 0.481 e. The molecule has 1 aliphatic heterocycles. The molecule has 0 aliphatic carbocycles. The smallest absolute Gasteiger partial charge is 0.305 e. The summed E-state index contributed by atoms with van der Waals surface area (Å²) in [7, 11) is 0. The van der Waals surface area contributed by atoms with Gasteiger partial charge in [0.1, 0.15) is 23.6 Å². The fourth-order valence-electron chi connectivity index (χ4n) is 3.22. The first-order valence-corrected chi connectivity index (χ1v) is 9.08. The van der Waals surface area contributed by atoms with Crippen LogP contribution in [-0.4, -0.2) is 47.7 Å². The third kappa shape index (κ3) is 6.07. The third-order valence-corrected chi connectivity index (χ3v) is 4.60. The van der Waals surface area contributed by atoms with E-state index >= 15 is 0 Å². The number of rotatable bonds is 9. The van der Waals surface area contributed by atoms with Crippen molar-refractivity contribution >= 4 is 18.2 Å². The number of benzene rings is 1. The van der Waals surface area contributed by atoms with Crippen molar-refractivity contribution < 1.29 is 33.0 Å². The molecule has 0 aromatic heterocycles. The van der Waals surface area contributed by atoms with Gasteiger partial charge in [-0.1, -0.05) is 6.07 Å². The Hall–Kier alpha value is -2.39. The lowest BCUT2D eigenvalue weighted by Crippen LogP contribution is -2.59. The fraction of sp³-hybridized carbons (Fsp3) is 0.526. The van der Waals surface area contributed by atoms with Crippen LogP contribution >= 0.6 is 0 Å². The molecule has 3 atom stereocenters. The molecule has 9 heteroatoms. The van der Waals surface area contributed by atoms with Gasteiger partial charge >= 0.3 is 5.97 Å². The molecule has 1 saturated heterocycles. The second-order valence-electron chi connectivity index (χ2n) is 6.93. The average Bonchev–Trinajstić information content (AvgIpc) is 2.63. The fourth-order valence-corrected chi connectivity index (χ4v) is 3.22. The number of carbonyl (C=O) groups is 3. The van der Waals surface area contributed by atoms with Crippen LogP contribution in [-0.2, 0) is 25.5 Å². The number of aliphatic carboxylic acids is 1. The summed E-state index contributed by atoms with van der Waals surface area (Å²) < 4.78 is 33.1. The maximum atomic E-state index is 14.1. The summed E-state index contributed by atoms with van der Waals surface area (Å²) in [5.74, 6) is -3.17. The Bertz CT molecular complexity index is 722. The van der Waals surface area contributed by atoms with E-state index in [-0.39, 0.29) is 12.0 Å². The van der Waals surface area contributed by atoms with Gasteiger partial charge in [0, 0.05) is 19.1 Å². The van der Waals surface area contributed by atoms with E-state index < -0.39 is 47.7 Å². The molecule has 1 unspecified atom stereocenters. The van der Waals surface area contributed by atoms with E-state index in [0.29, 0.717) is 19.3 Å². The molecule has 2 rings (SSSR count). The first-order valence-electron chi connectivity index (χ1n) is 9.08. The van der Waals surface area contributed by atoms with Crippen molar-refractivity contribution in [2.45, 2.75) is 56.8 Å². The minimum atomic E-state index is -1.21. The monoisotopic (exact) mass is 398 g/mol. The molecule has 1 aromatic rings. The molecule has 1 amide bonds. The van der Waals surface area contributed by atoms with Crippen molar-refractivity contribution in [1.29, 1.82) is 0 Å². The van der Waals surface area contributed by atoms with Gasteiger partial charge in [-0.25, -0.2) is 8.78 Å². The molecule has 1 heterocycles. The highest BCUT2D eigenvalue weighted by molar-refractivity contribution is 5.85. The van der Waals surface area contributed by atoms with Gasteiger partial charge in [0.25, 0.3) is 0 Å². The number of carboxylic acid groups (broad SMARTS) is 1. The van der Waals surface area contributed by atoms with Crippen molar-refractivity contribution in [2.24, 2.45) is 0 Å². The second kappa shape index (κ2) is 9.70. The zero-order chi connectivity index (χ0) is 20.7. The van der Waals surface area contributed by atoms with Crippen LogP contribution in [0.25, 0.3) is 0 Å². The molecule has 0 bridgehead atoms. The summed E-state index contributed by atoms with van der Waals surface area (Å²) in [5, 5.41) is 14.2. The van der Waals surface area contributed by atoms with Crippen molar-refractivity contribution in [1.82, 2.24) is 10.6 Å². The minimum absolute atomic E-state index is 0.0863. The Kier molecular flexibility index (Phi) is 7.59. The molecule has 28 heavy (non-hydrogen) atoms. The molecule has 0 radical (unpaired) electrons. The standard InChI is InChI=1S/C19H24F2N2O5/c1-12(18(27)22-15(11-24)9-17(25)26)23-19(6-2-3-7-28-19)10-13-4-5-14(20)8-16(13)21/h4-5,8,11-12,15,23H,2-3,6-7,9-10H2,1H3,(H,22,27)(H,25,26)/t12-,15-,19?/m0/s1. The van der Waals surface area contributed by atoms with Gasteiger partial charge in [-0.3, -0.25) is 14.9 Å². The van der Waals surface area contributed by atoms with Gasteiger partial charge in [0.15, 0.2) is 0 Å². The zero-order valence-corrected chi connectivity index (χ0v) is 15.5. The van der Waals surface area contributed by atoms with E-state index in [0.717, 1.165) is 25.0 Å². The Labute approximate surface area is 161 Å². The molecule has 0 spiro atoms. The zero-order valence-electron chi connectivity index (χ0n) is 15.5. The number of amides is 1. The number of halogens is 2. The van der Waals surface area contributed by atoms with Crippen molar-refractivity contribution in [3.8, 4) is 0 Å². The summed E-state index contributed by atoms with van der Waals surface area (Å²) in [4.78, 5) is 34.1. The summed E-state index contributed by atoms with van der Waals surface area (Å²) >= 11 is 0. The molecule has 1 fully saturated rings. The lowest BCUT2D eigenvalue weighted by Gasteiger charge is -2.40. The van der Waals surface area contributed by atoms with E-state index in [1.54, 1.807) is 6.92 Å². The van der Waals surface area contributed by atoms with Crippen LogP contribution < -0.4 is 10.6 Å². The maximum Gasteiger partial charge on any atom is 0.305 e. The normalized spacial score (nSPS) is 21.5. The van der Waals surface area contributed by atoms with E-state index in [4.69, 9.17) is 9.84 Å². The summed E-state index contributed by atoms with van der Waals surface area (Å²) in [6, 6.07) is 1.31. The van der Waals surface area contributed by atoms with E-state index in [1.807, 2.05) is 0 Å². The first kappa shape index (κ1) is 21.9. The first-order chi connectivity index (χ1) is 13.2. The van der Waals surface area contributed by atoms with Crippen LogP contribution in [0.3, 0.4) is 0 Å². The van der Waals surface area contributed by atoms with E-state index in [9.17, 15) is 23.2 Å². The van der Waals surface area contributed by atoms with E-state index in [2.05, 4.69) is 10.6 Å². The Balaban J connectivity index is 2.10. The van der Waals surface area contributed by atoms with Crippen molar-refractivity contribution in [3.63, 3.8) is 0 Å². The number of aldehydes is 1. The van der Waals surface area contributed by atoms with Gasteiger partial charge in [0.2, 0.25) is 5.91 Å². The topological polar surface area (TPSA) is 105 Å². The highest BCUT2D eigenvalue weighted by Crippen LogP contribution is 2.28. The van der Waals surface area contributed by atoms with Crippen LogP contribution in [0.5, 0.6) is 0 Å². The Morgan fingerprint density at radius 3 is 2.68 bits per heavy atom. The highest BCUT2D eigenvalue weighted by Gasteiger charge is 2.37. The summed E-state index contributed by atoms with van der Waals surface area (Å²) in [6.45, 7) is 1.96. The minimum Gasteiger partial charge on any atom is -0.481 e. The third-order valence-electron chi connectivity index (χ3n) is 4.60. The number of ether oxygens (including phenoxy) is 1. The number of hydrogen-bond acceptors (Lipinski definition) is 5. The highest BCUT2D eigenvalue weighted by atomic mass is 19.1. The average molecular weight is 398 g/mol. The van der Waals surface area contributed by atoms with Crippen LogP contribution in [0.1, 0.15) is 38.2 Å². The number of carboxylic acids is 1. The predicted molar refractivity (Wildman–Crippen MR) is 95.4 cm³/mol. The molecule has 7 nitrogen and oxygen atoms in total. The van der Waals surface area contributed by atoms with Crippen molar-refractivity contribution in [3.05, 3.63) is 35.4 Å².